The molecule has 0 aliphatic heterocycles. The summed E-state index contributed by atoms with van der Waals surface area (Å²) in [5, 5.41) is 4.59. The molecule has 1 aromatic heterocycles. The Hall–Kier alpha value is -1.87. The van der Waals surface area contributed by atoms with Gasteiger partial charge in [0.1, 0.15) is 0 Å². The summed E-state index contributed by atoms with van der Waals surface area (Å²) in [6.45, 7) is 2.09. The molecule has 2 aromatic carbocycles. The van der Waals surface area contributed by atoms with Crippen LogP contribution in [-0.2, 0) is 0 Å². The van der Waals surface area contributed by atoms with Gasteiger partial charge in [-0.15, -0.1) is 0 Å². The molecule has 0 atom stereocenters. The van der Waals surface area contributed by atoms with E-state index < -0.39 is 0 Å². The highest BCUT2D eigenvalue weighted by Gasteiger charge is 2.03. The number of rotatable bonds is 2. The zero-order valence-electron chi connectivity index (χ0n) is 10.5. The fourth-order valence-corrected chi connectivity index (χ4v) is 2.49. The summed E-state index contributed by atoms with van der Waals surface area (Å²) in [7, 11) is 0. The number of aryl methyl sites for hydroxylation is 1. The van der Waals surface area contributed by atoms with Crippen molar-refractivity contribution in [3.63, 3.8) is 0 Å². The standard InChI is InChI=1S/C16H13BrN2/c1-11-5-6-15-14(9-11)16(7-8-18-15)19-13-4-2-3-12(17)10-13/h2-10H,1H3,(H,18,19). The lowest BCUT2D eigenvalue weighted by Gasteiger charge is -2.10. The highest BCUT2D eigenvalue weighted by molar-refractivity contribution is 9.10. The molecule has 0 bridgehead atoms. The van der Waals surface area contributed by atoms with Crippen molar-refractivity contribution in [3.05, 3.63) is 64.8 Å². The molecular formula is C16H13BrN2. The van der Waals surface area contributed by atoms with Crippen molar-refractivity contribution < 1.29 is 0 Å². The third-order valence-corrected chi connectivity index (χ3v) is 3.49. The number of aromatic nitrogens is 1. The van der Waals surface area contributed by atoms with E-state index in [0.717, 1.165) is 26.8 Å². The molecule has 0 amide bonds. The van der Waals surface area contributed by atoms with Crippen LogP contribution in [0.5, 0.6) is 0 Å². The van der Waals surface area contributed by atoms with E-state index in [0.29, 0.717) is 0 Å². The minimum Gasteiger partial charge on any atom is -0.355 e. The quantitative estimate of drug-likeness (QED) is 0.716. The second kappa shape index (κ2) is 5.02. The van der Waals surface area contributed by atoms with Gasteiger partial charge in [0.15, 0.2) is 0 Å². The first-order chi connectivity index (χ1) is 9.22. The molecule has 1 N–H and O–H groups in total. The first-order valence-corrected chi connectivity index (χ1v) is 6.90. The Morgan fingerprint density at radius 3 is 2.79 bits per heavy atom. The van der Waals surface area contributed by atoms with Crippen molar-refractivity contribution >= 4 is 38.2 Å². The van der Waals surface area contributed by atoms with Gasteiger partial charge in [0.05, 0.1) is 5.52 Å². The van der Waals surface area contributed by atoms with E-state index in [9.17, 15) is 0 Å². The molecule has 3 heteroatoms. The number of hydrogen-bond acceptors (Lipinski definition) is 2. The zero-order valence-corrected chi connectivity index (χ0v) is 12.1. The molecule has 2 nitrogen and oxygen atoms in total. The molecule has 19 heavy (non-hydrogen) atoms. The number of anilines is 2. The fourth-order valence-electron chi connectivity index (χ4n) is 2.09. The normalized spacial score (nSPS) is 10.6. The van der Waals surface area contributed by atoms with Crippen molar-refractivity contribution in [2.45, 2.75) is 6.92 Å². The summed E-state index contributed by atoms with van der Waals surface area (Å²) >= 11 is 3.48. The van der Waals surface area contributed by atoms with Crippen LogP contribution in [0.1, 0.15) is 5.56 Å². The molecule has 0 aliphatic carbocycles. The third-order valence-electron chi connectivity index (χ3n) is 3.00. The summed E-state index contributed by atoms with van der Waals surface area (Å²) in [5.41, 5.74) is 4.37. The van der Waals surface area contributed by atoms with E-state index in [-0.39, 0.29) is 0 Å². The van der Waals surface area contributed by atoms with Gasteiger partial charge >= 0.3 is 0 Å². The van der Waals surface area contributed by atoms with Gasteiger partial charge in [0.25, 0.3) is 0 Å². The molecule has 0 aliphatic rings. The van der Waals surface area contributed by atoms with Crippen LogP contribution in [-0.4, -0.2) is 4.98 Å². The summed E-state index contributed by atoms with van der Waals surface area (Å²) in [4.78, 5) is 4.39. The van der Waals surface area contributed by atoms with Crippen LogP contribution in [0.3, 0.4) is 0 Å². The average molecular weight is 313 g/mol. The average Bonchev–Trinajstić information content (AvgIpc) is 2.39. The molecule has 0 radical (unpaired) electrons. The zero-order chi connectivity index (χ0) is 13.2. The molecule has 94 valence electrons. The Labute approximate surface area is 120 Å². The van der Waals surface area contributed by atoms with Crippen LogP contribution in [0.25, 0.3) is 10.9 Å². The van der Waals surface area contributed by atoms with Crippen LogP contribution in [0.15, 0.2) is 59.2 Å². The highest BCUT2D eigenvalue weighted by atomic mass is 79.9. The first-order valence-electron chi connectivity index (χ1n) is 6.10. The van der Waals surface area contributed by atoms with E-state index in [1.807, 2.05) is 30.5 Å². The Morgan fingerprint density at radius 1 is 1.05 bits per heavy atom. The van der Waals surface area contributed by atoms with Crippen molar-refractivity contribution in [2.75, 3.05) is 5.32 Å². The Bertz CT molecular complexity index is 738. The molecule has 0 fully saturated rings. The van der Waals surface area contributed by atoms with Crippen molar-refractivity contribution in [2.24, 2.45) is 0 Å². The van der Waals surface area contributed by atoms with Crippen LogP contribution >= 0.6 is 15.9 Å². The largest absolute Gasteiger partial charge is 0.355 e. The van der Waals surface area contributed by atoms with Gasteiger partial charge in [-0.1, -0.05) is 33.6 Å². The molecule has 0 saturated heterocycles. The van der Waals surface area contributed by atoms with Crippen LogP contribution in [0.2, 0.25) is 0 Å². The predicted octanol–water partition coefficient (Wildman–Crippen LogP) is 5.05. The SMILES string of the molecule is Cc1ccc2nccc(Nc3cccc(Br)c3)c2c1. The number of nitrogens with zero attached hydrogens (tertiary/aromatic N) is 1. The van der Waals surface area contributed by atoms with Gasteiger partial charge < -0.3 is 5.32 Å². The smallest absolute Gasteiger partial charge is 0.0723 e. The van der Waals surface area contributed by atoms with E-state index >= 15 is 0 Å². The lowest BCUT2D eigenvalue weighted by Crippen LogP contribution is -1.92. The van der Waals surface area contributed by atoms with Gasteiger partial charge in [-0.25, -0.2) is 0 Å². The number of halogens is 1. The maximum Gasteiger partial charge on any atom is 0.0723 e. The monoisotopic (exact) mass is 312 g/mol. The van der Waals surface area contributed by atoms with Crippen LogP contribution < -0.4 is 5.32 Å². The van der Waals surface area contributed by atoms with E-state index in [1.165, 1.54) is 5.56 Å². The van der Waals surface area contributed by atoms with Crippen molar-refractivity contribution in [1.82, 2.24) is 4.98 Å². The first kappa shape index (κ1) is 12.2. The second-order valence-electron chi connectivity index (χ2n) is 4.51. The van der Waals surface area contributed by atoms with E-state index in [4.69, 9.17) is 0 Å². The van der Waals surface area contributed by atoms with Crippen molar-refractivity contribution in [3.8, 4) is 0 Å². The number of nitrogens with one attached hydrogen (secondary N) is 1. The topological polar surface area (TPSA) is 24.9 Å². The second-order valence-corrected chi connectivity index (χ2v) is 5.43. The van der Waals surface area contributed by atoms with Crippen LogP contribution in [0.4, 0.5) is 11.4 Å². The summed E-state index contributed by atoms with van der Waals surface area (Å²) < 4.78 is 1.06. The van der Waals surface area contributed by atoms with Gasteiger partial charge in [-0.2, -0.15) is 0 Å². The van der Waals surface area contributed by atoms with Gasteiger partial charge in [-0.3, -0.25) is 4.98 Å². The summed E-state index contributed by atoms with van der Waals surface area (Å²) in [6.07, 6.45) is 1.83. The molecule has 3 aromatic rings. The third kappa shape index (κ3) is 2.61. The van der Waals surface area contributed by atoms with Gasteiger partial charge in [-0.05, 0) is 43.3 Å². The highest BCUT2D eigenvalue weighted by Crippen LogP contribution is 2.27. The fraction of sp³-hybridized carbons (Fsp3) is 0.0625. The lowest BCUT2D eigenvalue weighted by atomic mass is 10.1. The Morgan fingerprint density at radius 2 is 1.95 bits per heavy atom. The molecule has 1 heterocycles. The Balaban J connectivity index is 2.07. The summed E-state index contributed by atoms with van der Waals surface area (Å²) in [5.74, 6) is 0. The minimum atomic E-state index is 1.01. The number of hydrogen-bond donors (Lipinski definition) is 1. The molecular weight excluding hydrogens is 300 g/mol. The minimum absolute atomic E-state index is 1.01. The van der Waals surface area contributed by atoms with Gasteiger partial charge in [0, 0.05) is 27.4 Å². The molecule has 0 unspecified atom stereocenters. The molecule has 3 rings (SSSR count). The maximum absolute atomic E-state index is 4.39. The van der Waals surface area contributed by atoms with Gasteiger partial charge in [0.2, 0.25) is 0 Å². The Kier molecular flexibility index (Phi) is 3.22. The lowest BCUT2D eigenvalue weighted by molar-refractivity contribution is 1.39. The predicted molar refractivity (Wildman–Crippen MR) is 83.9 cm³/mol. The van der Waals surface area contributed by atoms with E-state index in [2.05, 4.69) is 57.4 Å². The number of benzene rings is 2. The number of pyridine rings is 1. The molecule has 0 saturated carbocycles. The van der Waals surface area contributed by atoms with E-state index in [1.54, 1.807) is 0 Å². The summed E-state index contributed by atoms with van der Waals surface area (Å²) in [6, 6.07) is 16.4. The molecule has 0 spiro atoms. The van der Waals surface area contributed by atoms with Crippen LogP contribution in [0, 0.1) is 6.92 Å². The van der Waals surface area contributed by atoms with Crippen molar-refractivity contribution in [1.29, 1.82) is 0 Å². The maximum atomic E-state index is 4.39. The number of fused-ring (bicyclic) bond motifs is 1.